The molecule has 0 fully saturated rings. The number of hydrogen-bond donors (Lipinski definition) is 2. The van der Waals surface area contributed by atoms with Crippen LogP contribution in [0.2, 0.25) is 5.02 Å². The first-order valence-electron chi connectivity index (χ1n) is 5.66. The van der Waals surface area contributed by atoms with Crippen LogP contribution in [-0.4, -0.2) is 44.9 Å². The van der Waals surface area contributed by atoms with E-state index in [0.29, 0.717) is 23.7 Å². The summed E-state index contributed by atoms with van der Waals surface area (Å²) in [6.45, 7) is 1.65. The first-order valence-corrected chi connectivity index (χ1v) is 6.04. The first kappa shape index (κ1) is 14.1. The monoisotopic (exact) mass is 298 g/mol. The van der Waals surface area contributed by atoms with Gasteiger partial charge in [0.1, 0.15) is 0 Å². The van der Waals surface area contributed by atoms with Gasteiger partial charge in [0.15, 0.2) is 18.1 Å². The van der Waals surface area contributed by atoms with Crippen molar-refractivity contribution in [2.24, 2.45) is 0 Å². The molecule has 0 unspecified atom stereocenters. The topological polar surface area (TPSA) is 110 Å². The molecule has 0 saturated carbocycles. The summed E-state index contributed by atoms with van der Waals surface area (Å²) in [5, 5.41) is 22.3. The molecule has 0 saturated heterocycles. The average molecular weight is 299 g/mol. The van der Waals surface area contributed by atoms with E-state index in [1.54, 1.807) is 19.1 Å². The van der Waals surface area contributed by atoms with E-state index in [2.05, 4.69) is 20.6 Å². The minimum Gasteiger partial charge on any atom is -0.490 e. The van der Waals surface area contributed by atoms with E-state index < -0.39 is 12.6 Å². The lowest BCUT2D eigenvalue weighted by Gasteiger charge is -2.13. The van der Waals surface area contributed by atoms with E-state index in [4.69, 9.17) is 26.2 Å². The number of hydrogen-bond acceptors (Lipinski definition) is 6. The Kier molecular flexibility index (Phi) is 4.36. The van der Waals surface area contributed by atoms with Crippen LogP contribution in [0.1, 0.15) is 6.92 Å². The van der Waals surface area contributed by atoms with E-state index in [9.17, 15) is 4.79 Å². The zero-order chi connectivity index (χ0) is 14.5. The second-order valence-electron chi connectivity index (χ2n) is 3.64. The normalized spacial score (nSPS) is 10.3. The number of rotatable bonds is 6. The maximum atomic E-state index is 10.6. The maximum Gasteiger partial charge on any atom is 0.341 e. The Hall–Kier alpha value is -2.35. The number of benzene rings is 1. The number of aromatic amines is 1. The van der Waals surface area contributed by atoms with Crippen LogP contribution >= 0.6 is 11.6 Å². The summed E-state index contributed by atoms with van der Waals surface area (Å²) < 4.78 is 10.5. The van der Waals surface area contributed by atoms with Crippen LogP contribution in [0.15, 0.2) is 12.1 Å². The van der Waals surface area contributed by atoms with Gasteiger partial charge in [-0.1, -0.05) is 11.6 Å². The largest absolute Gasteiger partial charge is 0.490 e. The van der Waals surface area contributed by atoms with Gasteiger partial charge in [-0.2, -0.15) is 5.21 Å². The summed E-state index contributed by atoms with van der Waals surface area (Å²) in [5.74, 6) is -0.271. The highest BCUT2D eigenvalue weighted by atomic mass is 35.5. The minimum atomic E-state index is -1.11. The number of aromatic nitrogens is 4. The number of tetrazole rings is 1. The van der Waals surface area contributed by atoms with Crippen molar-refractivity contribution in [1.29, 1.82) is 0 Å². The van der Waals surface area contributed by atoms with Crippen LogP contribution in [0.3, 0.4) is 0 Å². The zero-order valence-electron chi connectivity index (χ0n) is 10.5. The fourth-order valence-corrected chi connectivity index (χ4v) is 1.78. The van der Waals surface area contributed by atoms with E-state index in [1.165, 1.54) is 0 Å². The Balaban J connectivity index is 2.38. The van der Waals surface area contributed by atoms with Crippen LogP contribution in [0, 0.1) is 0 Å². The summed E-state index contributed by atoms with van der Waals surface area (Å²) in [4.78, 5) is 10.6. The van der Waals surface area contributed by atoms with Gasteiger partial charge in [-0.3, -0.25) is 0 Å². The lowest BCUT2D eigenvalue weighted by Crippen LogP contribution is -2.10. The molecule has 2 rings (SSSR count). The molecule has 0 aliphatic carbocycles. The molecule has 20 heavy (non-hydrogen) atoms. The number of nitrogens with zero attached hydrogens (tertiary/aromatic N) is 3. The van der Waals surface area contributed by atoms with Crippen molar-refractivity contribution in [2.45, 2.75) is 6.92 Å². The molecule has 0 bridgehead atoms. The van der Waals surface area contributed by atoms with E-state index in [0.717, 1.165) is 0 Å². The minimum absolute atomic E-state index is 0.170. The smallest absolute Gasteiger partial charge is 0.341 e. The molecule has 8 nitrogen and oxygen atoms in total. The molecule has 0 atom stereocenters. The first-order chi connectivity index (χ1) is 9.61. The molecular formula is C11H11ClN4O4. The van der Waals surface area contributed by atoms with Crippen molar-refractivity contribution in [3.05, 3.63) is 17.2 Å². The number of carbonyl (C=O) groups is 1. The van der Waals surface area contributed by atoms with Crippen molar-refractivity contribution in [1.82, 2.24) is 20.6 Å². The summed E-state index contributed by atoms with van der Waals surface area (Å²) in [6, 6.07) is 3.16. The number of nitrogens with one attached hydrogen (secondary N) is 1. The fraction of sp³-hybridized carbons (Fsp3) is 0.273. The lowest BCUT2D eigenvalue weighted by molar-refractivity contribution is -0.139. The van der Waals surface area contributed by atoms with Crippen LogP contribution in [-0.2, 0) is 4.79 Å². The van der Waals surface area contributed by atoms with Gasteiger partial charge in [0.25, 0.3) is 0 Å². The van der Waals surface area contributed by atoms with Gasteiger partial charge in [-0.15, -0.1) is 10.2 Å². The molecule has 1 heterocycles. The summed E-state index contributed by atoms with van der Waals surface area (Å²) in [6.07, 6.45) is 0. The Bertz CT molecular complexity index is 603. The number of carboxylic acid groups (broad SMARTS) is 1. The number of ether oxygens (including phenoxy) is 2. The van der Waals surface area contributed by atoms with Gasteiger partial charge in [0.05, 0.1) is 11.6 Å². The molecule has 0 spiro atoms. The number of halogens is 1. The van der Waals surface area contributed by atoms with Crippen molar-refractivity contribution < 1.29 is 19.4 Å². The van der Waals surface area contributed by atoms with E-state index in [-0.39, 0.29) is 10.8 Å². The maximum absolute atomic E-state index is 10.6. The molecule has 1 aromatic heterocycles. The second kappa shape index (κ2) is 6.20. The summed E-state index contributed by atoms with van der Waals surface area (Å²) in [5.41, 5.74) is 0.579. The van der Waals surface area contributed by atoms with Crippen LogP contribution in [0.25, 0.3) is 11.4 Å². The number of carboxylic acids is 1. The third kappa shape index (κ3) is 3.15. The number of aliphatic carboxylic acids is 1. The molecule has 9 heteroatoms. The van der Waals surface area contributed by atoms with Crippen molar-refractivity contribution in [3.63, 3.8) is 0 Å². The highest BCUT2D eigenvalue weighted by Gasteiger charge is 2.16. The average Bonchev–Trinajstić information content (AvgIpc) is 2.91. The molecule has 2 aromatic rings. The van der Waals surface area contributed by atoms with E-state index >= 15 is 0 Å². The van der Waals surface area contributed by atoms with Crippen molar-refractivity contribution in [3.8, 4) is 22.9 Å². The molecule has 2 N–H and O–H groups in total. The highest BCUT2D eigenvalue weighted by Crippen LogP contribution is 2.38. The second-order valence-corrected chi connectivity index (χ2v) is 4.04. The molecule has 0 aliphatic heterocycles. The molecule has 106 valence electrons. The summed E-state index contributed by atoms with van der Waals surface area (Å²) in [7, 11) is 0. The van der Waals surface area contributed by atoms with Gasteiger partial charge in [-0.25, -0.2) is 4.79 Å². The Morgan fingerprint density at radius 1 is 1.45 bits per heavy atom. The van der Waals surface area contributed by atoms with Crippen molar-refractivity contribution in [2.75, 3.05) is 13.2 Å². The predicted octanol–water partition coefficient (Wildman–Crippen LogP) is 1.38. The standard InChI is InChI=1S/C11H11ClN4O4/c1-2-19-8-4-6(11-13-15-16-14-11)3-7(12)10(8)20-5-9(17)18/h3-4H,2,5H2,1H3,(H,17,18)(H,13,14,15,16). The number of H-pyrrole nitrogens is 1. The lowest BCUT2D eigenvalue weighted by atomic mass is 10.2. The van der Waals surface area contributed by atoms with Gasteiger partial charge in [0, 0.05) is 5.56 Å². The van der Waals surface area contributed by atoms with Gasteiger partial charge >= 0.3 is 5.97 Å². The van der Waals surface area contributed by atoms with Crippen LogP contribution in [0.5, 0.6) is 11.5 Å². The SMILES string of the molecule is CCOc1cc(-c2nn[nH]n2)cc(Cl)c1OCC(=O)O. The Morgan fingerprint density at radius 3 is 2.85 bits per heavy atom. The molecular weight excluding hydrogens is 288 g/mol. The molecule has 0 aliphatic rings. The molecule has 0 radical (unpaired) electrons. The summed E-state index contributed by atoms with van der Waals surface area (Å²) >= 11 is 6.09. The highest BCUT2D eigenvalue weighted by molar-refractivity contribution is 6.32. The fourth-order valence-electron chi connectivity index (χ4n) is 1.52. The predicted molar refractivity (Wildman–Crippen MR) is 68.9 cm³/mol. The quantitative estimate of drug-likeness (QED) is 0.829. The Morgan fingerprint density at radius 2 is 2.25 bits per heavy atom. The zero-order valence-corrected chi connectivity index (χ0v) is 11.2. The molecule has 1 aromatic carbocycles. The van der Waals surface area contributed by atoms with Gasteiger partial charge in [0.2, 0.25) is 5.82 Å². The van der Waals surface area contributed by atoms with Crippen LogP contribution in [0.4, 0.5) is 0 Å². The van der Waals surface area contributed by atoms with E-state index in [1.807, 2.05) is 0 Å². The third-order valence-corrected chi connectivity index (χ3v) is 2.53. The van der Waals surface area contributed by atoms with Gasteiger partial charge in [-0.05, 0) is 24.3 Å². The van der Waals surface area contributed by atoms with Gasteiger partial charge < -0.3 is 14.6 Å². The molecule has 0 amide bonds. The van der Waals surface area contributed by atoms with Crippen LogP contribution < -0.4 is 9.47 Å². The van der Waals surface area contributed by atoms with Crippen molar-refractivity contribution >= 4 is 17.6 Å². The Labute approximate surface area is 118 Å². The third-order valence-electron chi connectivity index (χ3n) is 2.25.